The Kier molecular flexibility index (Phi) is 3.24. The summed E-state index contributed by atoms with van der Waals surface area (Å²) in [7, 11) is 0. The second-order valence-corrected chi connectivity index (χ2v) is 8.22. The molecule has 2 aliphatic heterocycles. The van der Waals surface area contributed by atoms with Crippen LogP contribution in [0.3, 0.4) is 0 Å². The highest BCUT2D eigenvalue weighted by atomic mass is 32.2. The first-order chi connectivity index (χ1) is 10.5. The molecular weight excluding hydrogens is 288 g/mol. The summed E-state index contributed by atoms with van der Waals surface area (Å²) in [4.78, 5) is 7.86. The zero-order valence-electron chi connectivity index (χ0n) is 13.4. The van der Waals surface area contributed by atoms with E-state index in [9.17, 15) is 0 Å². The number of anilines is 2. The minimum absolute atomic E-state index is 0.264. The van der Waals surface area contributed by atoms with Gasteiger partial charge in [-0.3, -0.25) is 4.90 Å². The lowest BCUT2D eigenvalue weighted by Crippen LogP contribution is -2.64. The van der Waals surface area contributed by atoms with E-state index in [1.165, 1.54) is 21.2 Å². The standard InChI is InChI=1S/C19H22N2S/c1-19(2,3)20-12-14(13-20)21-15-8-4-6-10-17(15)22-18-11-7-5-9-16(18)21/h4-11,14H,12-13H2,1-3H3. The summed E-state index contributed by atoms with van der Waals surface area (Å²) in [6.07, 6.45) is 0. The van der Waals surface area contributed by atoms with Crippen LogP contribution >= 0.6 is 11.8 Å². The van der Waals surface area contributed by atoms with Gasteiger partial charge in [-0.05, 0) is 45.0 Å². The van der Waals surface area contributed by atoms with Crippen molar-refractivity contribution in [3.63, 3.8) is 0 Å². The fourth-order valence-corrected chi connectivity index (χ4v) is 4.37. The topological polar surface area (TPSA) is 6.48 Å². The van der Waals surface area contributed by atoms with Crippen LogP contribution in [-0.2, 0) is 0 Å². The van der Waals surface area contributed by atoms with E-state index in [0.717, 1.165) is 13.1 Å². The molecular formula is C19H22N2S. The molecule has 2 aliphatic rings. The Bertz CT molecular complexity index is 653. The van der Waals surface area contributed by atoms with Crippen molar-refractivity contribution in [1.82, 2.24) is 4.90 Å². The average Bonchev–Trinajstić information content (AvgIpc) is 2.43. The molecule has 0 amide bonds. The highest BCUT2D eigenvalue weighted by Gasteiger charge is 2.40. The fourth-order valence-electron chi connectivity index (χ4n) is 3.29. The molecule has 1 saturated heterocycles. The number of likely N-dealkylation sites (tertiary alicyclic amines) is 1. The van der Waals surface area contributed by atoms with E-state index in [1.807, 2.05) is 11.8 Å². The predicted octanol–water partition coefficient (Wildman–Crippen LogP) is 4.77. The van der Waals surface area contributed by atoms with Crippen LogP contribution in [0.2, 0.25) is 0 Å². The molecule has 114 valence electrons. The molecule has 0 aromatic heterocycles. The molecule has 0 radical (unpaired) electrons. The first-order valence-electron chi connectivity index (χ1n) is 7.94. The summed E-state index contributed by atoms with van der Waals surface area (Å²) in [5.74, 6) is 0. The van der Waals surface area contributed by atoms with Gasteiger partial charge in [0.15, 0.2) is 0 Å². The summed E-state index contributed by atoms with van der Waals surface area (Å²) in [5, 5.41) is 0. The van der Waals surface area contributed by atoms with Gasteiger partial charge in [-0.2, -0.15) is 0 Å². The SMILES string of the molecule is CC(C)(C)N1CC(N2c3ccccc3Sc3ccccc32)C1. The molecule has 22 heavy (non-hydrogen) atoms. The number of nitrogens with zero attached hydrogens (tertiary/aromatic N) is 2. The predicted molar refractivity (Wildman–Crippen MR) is 94.3 cm³/mol. The van der Waals surface area contributed by atoms with E-state index >= 15 is 0 Å². The quantitative estimate of drug-likeness (QED) is 0.749. The van der Waals surface area contributed by atoms with Crippen LogP contribution in [-0.4, -0.2) is 29.6 Å². The summed E-state index contributed by atoms with van der Waals surface area (Å²) in [5.41, 5.74) is 2.99. The minimum Gasteiger partial charge on any atom is -0.334 e. The zero-order chi connectivity index (χ0) is 15.3. The lowest BCUT2D eigenvalue weighted by atomic mass is 9.95. The lowest BCUT2D eigenvalue weighted by molar-refractivity contribution is 0.0494. The maximum Gasteiger partial charge on any atom is 0.0597 e. The van der Waals surface area contributed by atoms with Crippen molar-refractivity contribution in [2.24, 2.45) is 0 Å². The van der Waals surface area contributed by atoms with Gasteiger partial charge in [0.25, 0.3) is 0 Å². The van der Waals surface area contributed by atoms with E-state index < -0.39 is 0 Å². The van der Waals surface area contributed by atoms with Crippen LogP contribution in [0.15, 0.2) is 58.3 Å². The Morgan fingerprint density at radius 2 is 1.36 bits per heavy atom. The summed E-state index contributed by atoms with van der Waals surface area (Å²) in [6.45, 7) is 9.18. The second-order valence-electron chi connectivity index (χ2n) is 7.14. The lowest BCUT2D eigenvalue weighted by Gasteiger charge is -2.53. The van der Waals surface area contributed by atoms with Gasteiger partial charge in [-0.25, -0.2) is 0 Å². The first-order valence-corrected chi connectivity index (χ1v) is 8.76. The normalized spacial score (nSPS) is 18.6. The smallest absolute Gasteiger partial charge is 0.0597 e. The van der Waals surface area contributed by atoms with Gasteiger partial charge in [0.2, 0.25) is 0 Å². The van der Waals surface area contributed by atoms with Crippen molar-refractivity contribution in [2.45, 2.75) is 42.1 Å². The van der Waals surface area contributed by atoms with Crippen LogP contribution in [0.5, 0.6) is 0 Å². The average molecular weight is 310 g/mol. The molecule has 2 aromatic rings. The maximum atomic E-state index is 2.56. The highest BCUT2D eigenvalue weighted by Crippen LogP contribution is 2.49. The molecule has 0 spiro atoms. The largest absolute Gasteiger partial charge is 0.334 e. The number of hydrogen-bond acceptors (Lipinski definition) is 3. The van der Waals surface area contributed by atoms with E-state index in [4.69, 9.17) is 0 Å². The first kappa shape index (κ1) is 14.2. The van der Waals surface area contributed by atoms with Crippen molar-refractivity contribution in [3.8, 4) is 0 Å². The third kappa shape index (κ3) is 2.24. The highest BCUT2D eigenvalue weighted by molar-refractivity contribution is 7.99. The molecule has 2 heterocycles. The molecule has 2 aromatic carbocycles. The molecule has 3 heteroatoms. The van der Waals surface area contributed by atoms with Gasteiger partial charge in [0.05, 0.1) is 17.4 Å². The number of rotatable bonds is 1. The molecule has 4 rings (SSSR count). The fraction of sp³-hybridized carbons (Fsp3) is 0.368. The molecule has 0 aliphatic carbocycles. The third-order valence-electron chi connectivity index (χ3n) is 4.65. The molecule has 0 bridgehead atoms. The van der Waals surface area contributed by atoms with Gasteiger partial charge in [-0.15, -0.1) is 0 Å². The summed E-state index contributed by atoms with van der Waals surface area (Å²) in [6, 6.07) is 18.2. The van der Waals surface area contributed by atoms with Crippen LogP contribution in [0.4, 0.5) is 11.4 Å². The van der Waals surface area contributed by atoms with Crippen LogP contribution in [0.25, 0.3) is 0 Å². The molecule has 2 nitrogen and oxygen atoms in total. The second kappa shape index (κ2) is 5.04. The number of benzene rings is 2. The Labute approximate surface area is 137 Å². The van der Waals surface area contributed by atoms with Crippen LogP contribution < -0.4 is 4.90 Å². The summed E-state index contributed by atoms with van der Waals surface area (Å²) < 4.78 is 0. The Hall–Kier alpha value is -1.45. The van der Waals surface area contributed by atoms with E-state index in [1.54, 1.807) is 0 Å². The molecule has 0 unspecified atom stereocenters. The number of fused-ring (bicyclic) bond motifs is 2. The molecule has 0 N–H and O–H groups in total. The van der Waals surface area contributed by atoms with Crippen LogP contribution in [0, 0.1) is 0 Å². The Morgan fingerprint density at radius 3 is 1.86 bits per heavy atom. The van der Waals surface area contributed by atoms with E-state index in [0.29, 0.717) is 6.04 Å². The molecule has 1 fully saturated rings. The van der Waals surface area contributed by atoms with Crippen molar-refractivity contribution in [2.75, 3.05) is 18.0 Å². The number of para-hydroxylation sites is 2. The van der Waals surface area contributed by atoms with Crippen molar-refractivity contribution >= 4 is 23.1 Å². The minimum atomic E-state index is 0.264. The van der Waals surface area contributed by atoms with Crippen molar-refractivity contribution in [1.29, 1.82) is 0 Å². The third-order valence-corrected chi connectivity index (χ3v) is 5.78. The van der Waals surface area contributed by atoms with Gasteiger partial charge in [0.1, 0.15) is 0 Å². The summed E-state index contributed by atoms with van der Waals surface area (Å²) >= 11 is 1.89. The van der Waals surface area contributed by atoms with E-state index in [2.05, 4.69) is 79.1 Å². The van der Waals surface area contributed by atoms with E-state index in [-0.39, 0.29) is 5.54 Å². The Balaban J connectivity index is 1.71. The van der Waals surface area contributed by atoms with Crippen molar-refractivity contribution in [3.05, 3.63) is 48.5 Å². The van der Waals surface area contributed by atoms with Crippen LogP contribution in [0.1, 0.15) is 20.8 Å². The van der Waals surface area contributed by atoms with Crippen molar-refractivity contribution < 1.29 is 0 Å². The Morgan fingerprint density at radius 1 is 0.864 bits per heavy atom. The van der Waals surface area contributed by atoms with Gasteiger partial charge in [0, 0.05) is 28.4 Å². The van der Waals surface area contributed by atoms with Gasteiger partial charge >= 0.3 is 0 Å². The maximum absolute atomic E-state index is 2.56. The monoisotopic (exact) mass is 310 g/mol. The molecule has 0 atom stereocenters. The van der Waals surface area contributed by atoms with Gasteiger partial charge < -0.3 is 4.90 Å². The van der Waals surface area contributed by atoms with Gasteiger partial charge in [-0.1, -0.05) is 36.0 Å². The zero-order valence-corrected chi connectivity index (χ0v) is 14.2. The number of hydrogen-bond donors (Lipinski definition) is 0. The molecule has 0 saturated carbocycles.